The van der Waals surface area contributed by atoms with E-state index in [1.165, 1.54) is 9.80 Å². The van der Waals surface area contributed by atoms with Crippen molar-refractivity contribution in [2.75, 3.05) is 26.2 Å². The molecule has 5 rings (SSSR count). The second kappa shape index (κ2) is 12.5. The van der Waals surface area contributed by atoms with Gasteiger partial charge in [0.25, 0.3) is 0 Å². The lowest BCUT2D eigenvalue weighted by Crippen LogP contribution is -2.59. The number of fused-ring (bicyclic) bond motifs is 2. The molecule has 3 saturated heterocycles. The Morgan fingerprint density at radius 3 is 1.33 bits per heavy atom. The van der Waals surface area contributed by atoms with Crippen molar-refractivity contribution in [1.29, 1.82) is 0 Å². The highest BCUT2D eigenvalue weighted by Gasteiger charge is 2.54. The maximum absolute atomic E-state index is 13.7. The summed E-state index contributed by atoms with van der Waals surface area (Å²) in [7, 11) is 0. The first-order valence-corrected chi connectivity index (χ1v) is 15.8. The molecule has 6 atom stereocenters. The second-order valence-corrected chi connectivity index (χ2v) is 12.9. The van der Waals surface area contributed by atoms with Crippen LogP contribution in [-0.2, 0) is 28.8 Å². The number of allylic oxidation sites excluding steroid dienone is 4. The molecular formula is C30H38Cl2N4O6. The molecule has 3 fully saturated rings. The van der Waals surface area contributed by atoms with Gasteiger partial charge in [0.1, 0.15) is 12.1 Å². The minimum Gasteiger partial charge on any atom is -0.337 e. The van der Waals surface area contributed by atoms with Gasteiger partial charge >= 0.3 is 0 Å². The van der Waals surface area contributed by atoms with Gasteiger partial charge in [0, 0.05) is 36.2 Å². The summed E-state index contributed by atoms with van der Waals surface area (Å²) < 4.78 is 0. The SMILES string of the molecule is CCC[C@H](C(=O)N1CCN(C(=O)[C@H](CCC)N2C(=O)[C@H]3CC(Cl)=CC[C@H]3C2=O)CC1)N1C(=O)[C@H]2CC(Cl)=CC[C@H]2C1=O. The van der Waals surface area contributed by atoms with E-state index in [0.717, 1.165) is 0 Å². The van der Waals surface area contributed by atoms with E-state index in [0.29, 0.717) is 61.4 Å². The number of likely N-dealkylation sites (tertiary alicyclic amines) is 2. The third-order valence-corrected chi connectivity index (χ3v) is 10.0. The zero-order valence-corrected chi connectivity index (χ0v) is 25.6. The number of carbonyl (C=O) groups is 6. The van der Waals surface area contributed by atoms with E-state index in [-0.39, 0.29) is 61.6 Å². The van der Waals surface area contributed by atoms with E-state index in [9.17, 15) is 28.8 Å². The third kappa shape index (κ3) is 5.41. The predicted octanol–water partition coefficient (Wildman–Crippen LogP) is 3.03. The summed E-state index contributed by atoms with van der Waals surface area (Å²) >= 11 is 12.3. The Balaban J connectivity index is 1.25. The number of amides is 6. The van der Waals surface area contributed by atoms with Crippen LogP contribution in [0.2, 0.25) is 0 Å². The van der Waals surface area contributed by atoms with Gasteiger partial charge in [-0.2, -0.15) is 0 Å². The van der Waals surface area contributed by atoms with Crippen LogP contribution in [0.5, 0.6) is 0 Å². The zero-order chi connectivity index (χ0) is 30.3. The smallest absolute Gasteiger partial charge is 0.245 e. The fraction of sp³-hybridized carbons (Fsp3) is 0.667. The van der Waals surface area contributed by atoms with Crippen LogP contribution in [0.3, 0.4) is 0 Å². The maximum atomic E-state index is 13.7. The number of hydrogen-bond donors (Lipinski definition) is 0. The molecule has 0 aromatic heterocycles. The van der Waals surface area contributed by atoms with Crippen LogP contribution in [0.1, 0.15) is 65.2 Å². The molecule has 12 heteroatoms. The van der Waals surface area contributed by atoms with Gasteiger partial charge in [0.15, 0.2) is 0 Å². The normalized spacial score (nSPS) is 29.3. The van der Waals surface area contributed by atoms with Gasteiger partial charge in [-0.25, -0.2) is 0 Å². The molecule has 0 bridgehead atoms. The van der Waals surface area contributed by atoms with Gasteiger partial charge in [0.2, 0.25) is 35.4 Å². The van der Waals surface area contributed by atoms with E-state index in [1.807, 2.05) is 13.8 Å². The summed E-state index contributed by atoms with van der Waals surface area (Å²) in [6, 6.07) is -1.78. The van der Waals surface area contributed by atoms with Crippen LogP contribution in [0.15, 0.2) is 22.2 Å². The first-order valence-electron chi connectivity index (χ1n) is 15.1. The van der Waals surface area contributed by atoms with Crippen LogP contribution >= 0.6 is 23.2 Å². The molecule has 0 aromatic carbocycles. The fourth-order valence-electron chi connectivity index (χ4n) is 7.16. The van der Waals surface area contributed by atoms with Gasteiger partial charge in [-0.3, -0.25) is 38.6 Å². The molecule has 6 amide bonds. The van der Waals surface area contributed by atoms with E-state index >= 15 is 0 Å². The van der Waals surface area contributed by atoms with Gasteiger partial charge < -0.3 is 9.80 Å². The highest BCUT2D eigenvalue weighted by Crippen LogP contribution is 2.41. The first kappa shape index (κ1) is 30.7. The average molecular weight is 622 g/mol. The van der Waals surface area contributed by atoms with E-state index in [2.05, 4.69) is 0 Å². The summed E-state index contributed by atoms with van der Waals surface area (Å²) in [5.41, 5.74) is 0. The second-order valence-electron chi connectivity index (χ2n) is 12.0. The van der Waals surface area contributed by atoms with Crippen LogP contribution in [0, 0.1) is 23.7 Å². The molecule has 2 aliphatic carbocycles. The lowest BCUT2D eigenvalue weighted by molar-refractivity contribution is -0.156. The zero-order valence-electron chi connectivity index (χ0n) is 24.1. The Hall–Kier alpha value is -2.72. The van der Waals surface area contributed by atoms with E-state index in [4.69, 9.17) is 23.2 Å². The summed E-state index contributed by atoms with van der Waals surface area (Å²) in [4.78, 5) is 86.2. The van der Waals surface area contributed by atoms with Gasteiger partial charge in [-0.15, -0.1) is 0 Å². The standard InChI is InChI=1S/C30H38Cl2N4O6/c1-3-5-23(35-25(37)19-9-7-17(31)15-21(19)27(35)39)29(41)33-11-13-34(14-12-33)30(42)24(6-4-2)36-26(38)20-10-8-18(32)16-22(20)28(36)40/h7-8,19-24H,3-6,9-16H2,1-2H3/t19-,20-,21+,22+,23-,24+/m1/s1. The molecule has 0 N–H and O–H groups in total. The topological polar surface area (TPSA) is 115 Å². The van der Waals surface area contributed by atoms with Gasteiger partial charge in [0.05, 0.1) is 23.7 Å². The first-order chi connectivity index (χ1) is 20.1. The van der Waals surface area contributed by atoms with Crippen molar-refractivity contribution >= 4 is 58.6 Å². The summed E-state index contributed by atoms with van der Waals surface area (Å²) in [5.74, 6) is -3.92. The number of nitrogens with zero attached hydrogens (tertiary/aromatic N) is 4. The van der Waals surface area contributed by atoms with Crippen molar-refractivity contribution in [2.45, 2.75) is 77.3 Å². The molecule has 0 spiro atoms. The Morgan fingerprint density at radius 2 is 1.00 bits per heavy atom. The third-order valence-electron chi connectivity index (χ3n) is 9.43. The molecule has 228 valence electrons. The minimum absolute atomic E-state index is 0.229. The molecule has 3 heterocycles. The monoisotopic (exact) mass is 620 g/mol. The highest BCUT2D eigenvalue weighted by molar-refractivity contribution is 6.30. The van der Waals surface area contributed by atoms with Crippen LogP contribution in [-0.4, -0.2) is 93.3 Å². The Kier molecular flexibility index (Phi) is 9.13. The molecule has 5 aliphatic rings. The van der Waals surface area contributed by atoms with E-state index in [1.54, 1.807) is 22.0 Å². The number of imide groups is 2. The molecule has 0 unspecified atom stereocenters. The van der Waals surface area contributed by atoms with Gasteiger partial charge in [-0.1, -0.05) is 62.0 Å². The molecule has 3 aliphatic heterocycles. The predicted molar refractivity (Wildman–Crippen MR) is 155 cm³/mol. The number of rotatable bonds is 8. The van der Waals surface area contributed by atoms with Crippen LogP contribution in [0.4, 0.5) is 0 Å². The van der Waals surface area contributed by atoms with Crippen LogP contribution < -0.4 is 0 Å². The van der Waals surface area contributed by atoms with E-state index < -0.39 is 35.8 Å². The number of piperazine rings is 1. The maximum Gasteiger partial charge on any atom is 0.245 e. The van der Waals surface area contributed by atoms with Crippen molar-refractivity contribution in [2.24, 2.45) is 23.7 Å². The fourth-order valence-corrected chi connectivity index (χ4v) is 7.67. The Labute approximate surface area is 256 Å². The Morgan fingerprint density at radius 1 is 0.667 bits per heavy atom. The molecular weight excluding hydrogens is 583 g/mol. The Bertz CT molecular complexity index is 1150. The largest absolute Gasteiger partial charge is 0.337 e. The van der Waals surface area contributed by atoms with Crippen molar-refractivity contribution in [3.8, 4) is 0 Å². The number of hydrogen-bond acceptors (Lipinski definition) is 6. The molecule has 0 saturated carbocycles. The summed E-state index contributed by atoms with van der Waals surface area (Å²) in [6.45, 7) is 4.73. The van der Waals surface area contributed by atoms with Gasteiger partial charge in [-0.05, 0) is 38.5 Å². The van der Waals surface area contributed by atoms with Crippen molar-refractivity contribution in [3.05, 3.63) is 22.2 Å². The minimum atomic E-state index is -0.891. The van der Waals surface area contributed by atoms with Crippen molar-refractivity contribution in [3.63, 3.8) is 0 Å². The lowest BCUT2D eigenvalue weighted by Gasteiger charge is -2.39. The highest BCUT2D eigenvalue weighted by atomic mass is 35.5. The molecule has 0 aromatic rings. The van der Waals surface area contributed by atoms with Crippen molar-refractivity contribution < 1.29 is 28.8 Å². The quantitative estimate of drug-likeness (QED) is 0.385. The number of carbonyl (C=O) groups excluding carboxylic acids is 6. The molecule has 10 nitrogen and oxygen atoms in total. The average Bonchev–Trinajstić information content (AvgIpc) is 3.37. The number of halogens is 2. The molecule has 0 radical (unpaired) electrons. The summed E-state index contributed by atoms with van der Waals surface area (Å²) in [5, 5.41) is 1.13. The molecule has 42 heavy (non-hydrogen) atoms. The van der Waals surface area contributed by atoms with Crippen LogP contribution in [0.25, 0.3) is 0 Å². The lowest BCUT2D eigenvalue weighted by atomic mass is 9.85. The van der Waals surface area contributed by atoms with Crippen molar-refractivity contribution in [1.82, 2.24) is 19.6 Å². The summed E-state index contributed by atoms with van der Waals surface area (Å²) in [6.07, 6.45) is 6.90.